The maximum atomic E-state index is 6.41. The average molecular weight is 852 g/mol. The second-order valence-corrected chi connectivity index (χ2v) is 17.9. The second-order valence-electron chi connectivity index (χ2n) is 17.9. The molecule has 0 aliphatic heterocycles. The molecule has 0 bridgehead atoms. The van der Waals surface area contributed by atoms with Gasteiger partial charge in [-0.05, 0) is 143 Å². The summed E-state index contributed by atoms with van der Waals surface area (Å²) in [5.74, 6) is 0. The molecule has 1 aliphatic carbocycles. The van der Waals surface area contributed by atoms with Crippen molar-refractivity contribution in [1.82, 2.24) is 0 Å². The minimum absolute atomic E-state index is 0.508. The molecule has 0 fully saturated rings. The van der Waals surface area contributed by atoms with Gasteiger partial charge in [0.25, 0.3) is 0 Å². The molecular weight excluding hydrogens is 811 g/mol. The summed E-state index contributed by atoms with van der Waals surface area (Å²) in [7, 11) is 0. The van der Waals surface area contributed by atoms with Crippen LogP contribution in [0.25, 0.3) is 87.3 Å². The maximum absolute atomic E-state index is 6.41. The van der Waals surface area contributed by atoms with E-state index in [0.29, 0.717) is 0 Å². The van der Waals surface area contributed by atoms with Crippen molar-refractivity contribution < 1.29 is 4.42 Å². The Kier molecular flexibility index (Phi) is 8.23. The molecule has 0 unspecified atom stereocenters. The molecule has 67 heavy (non-hydrogen) atoms. The normalized spacial score (nSPS) is 12.9. The van der Waals surface area contributed by atoms with E-state index < -0.39 is 5.41 Å². The van der Waals surface area contributed by atoms with E-state index in [9.17, 15) is 0 Å². The van der Waals surface area contributed by atoms with E-state index in [2.05, 4.69) is 248 Å². The highest BCUT2D eigenvalue weighted by molar-refractivity contribution is 6.34. The molecule has 0 saturated carbocycles. The van der Waals surface area contributed by atoms with Crippen molar-refractivity contribution in [2.24, 2.45) is 0 Å². The van der Waals surface area contributed by atoms with Gasteiger partial charge >= 0.3 is 0 Å². The number of para-hydroxylation sites is 1. The van der Waals surface area contributed by atoms with Crippen LogP contribution in [0.4, 0.5) is 17.1 Å². The van der Waals surface area contributed by atoms with Crippen molar-refractivity contribution in [2.45, 2.75) is 5.41 Å². The molecule has 0 radical (unpaired) electrons. The van der Waals surface area contributed by atoms with Crippen molar-refractivity contribution >= 4 is 82.1 Å². The molecule has 312 valence electrons. The summed E-state index contributed by atoms with van der Waals surface area (Å²) in [5.41, 5.74) is 14.6. The highest BCUT2D eigenvalue weighted by Gasteiger charge is 2.46. The Hall–Kier alpha value is -8.72. The fourth-order valence-corrected chi connectivity index (χ4v) is 11.6. The van der Waals surface area contributed by atoms with Crippen LogP contribution < -0.4 is 4.90 Å². The third-order valence-corrected chi connectivity index (χ3v) is 14.5. The highest BCUT2D eigenvalue weighted by Crippen LogP contribution is 2.57. The Morgan fingerprint density at radius 1 is 0.299 bits per heavy atom. The van der Waals surface area contributed by atoms with Gasteiger partial charge in [0.05, 0.1) is 5.41 Å². The maximum Gasteiger partial charge on any atom is 0.136 e. The number of rotatable bonds is 6. The number of furan rings is 1. The zero-order chi connectivity index (χ0) is 44.1. The van der Waals surface area contributed by atoms with E-state index in [0.717, 1.165) is 39.2 Å². The van der Waals surface area contributed by atoms with Crippen molar-refractivity contribution in [3.63, 3.8) is 0 Å². The number of benzene rings is 12. The molecule has 0 spiro atoms. The standard InChI is InChI=1S/C65H41NO/c1-3-17-46(18-4-1)65(47-19-5-2-6-20-47)59-25-13-11-22-53(59)54-36-34-50(41-60(54)65)66(49-33-29-42-15-7-8-16-44(42)39-49)48-31-27-43(28-32-48)45-30-35-52-51-21-9-10-23-55(51)63-56(58(52)40-45)37-38-62-64(63)57-24-12-14-26-61(57)67-62/h1-41H. The molecule has 1 aromatic heterocycles. The molecule has 2 nitrogen and oxygen atoms in total. The van der Waals surface area contributed by atoms with Crippen LogP contribution in [0.1, 0.15) is 22.3 Å². The minimum Gasteiger partial charge on any atom is -0.456 e. The lowest BCUT2D eigenvalue weighted by atomic mass is 9.67. The molecule has 1 aliphatic rings. The van der Waals surface area contributed by atoms with Crippen molar-refractivity contribution in [3.8, 4) is 22.3 Å². The Morgan fingerprint density at radius 2 is 0.866 bits per heavy atom. The Morgan fingerprint density at radius 3 is 1.67 bits per heavy atom. The molecule has 0 atom stereocenters. The molecule has 12 aromatic carbocycles. The molecule has 2 heteroatoms. The lowest BCUT2D eigenvalue weighted by molar-refractivity contribution is 0.669. The lowest BCUT2D eigenvalue weighted by Gasteiger charge is -2.35. The van der Waals surface area contributed by atoms with Gasteiger partial charge in [0.1, 0.15) is 11.2 Å². The second kappa shape index (κ2) is 14.7. The van der Waals surface area contributed by atoms with Crippen molar-refractivity contribution in [1.29, 1.82) is 0 Å². The first-order valence-corrected chi connectivity index (χ1v) is 23.2. The van der Waals surface area contributed by atoms with E-state index in [1.165, 1.54) is 87.4 Å². The van der Waals surface area contributed by atoms with Gasteiger partial charge in [-0.2, -0.15) is 0 Å². The Bertz CT molecular complexity index is 4050. The zero-order valence-electron chi connectivity index (χ0n) is 36.5. The van der Waals surface area contributed by atoms with Gasteiger partial charge in [-0.15, -0.1) is 0 Å². The van der Waals surface area contributed by atoms with Crippen LogP contribution in [0, 0.1) is 0 Å². The largest absolute Gasteiger partial charge is 0.456 e. The quantitative estimate of drug-likeness (QED) is 0.155. The van der Waals surface area contributed by atoms with E-state index in [1.54, 1.807) is 0 Å². The predicted molar refractivity (Wildman–Crippen MR) is 281 cm³/mol. The zero-order valence-corrected chi connectivity index (χ0v) is 36.5. The Balaban J connectivity index is 0.951. The molecule has 0 N–H and O–H groups in total. The van der Waals surface area contributed by atoms with E-state index >= 15 is 0 Å². The van der Waals surface area contributed by atoms with E-state index in [-0.39, 0.29) is 0 Å². The van der Waals surface area contributed by atoms with Gasteiger partial charge in [-0.25, -0.2) is 0 Å². The minimum atomic E-state index is -0.508. The number of anilines is 3. The average Bonchev–Trinajstić information content (AvgIpc) is 3.93. The van der Waals surface area contributed by atoms with Crippen LogP contribution in [0.15, 0.2) is 253 Å². The summed E-state index contributed by atoms with van der Waals surface area (Å²) in [5, 5.41) is 12.2. The van der Waals surface area contributed by atoms with Crippen molar-refractivity contribution in [3.05, 3.63) is 271 Å². The Labute approximate surface area is 388 Å². The SMILES string of the molecule is c1ccc(C2(c3ccccc3)c3ccccc3-c3ccc(N(c4ccc(-c5ccc6c7ccccc7c7c(ccc8oc9ccccc9c87)c6c5)cc4)c4ccc5ccccc5c4)cc32)cc1. The van der Waals surface area contributed by atoms with Gasteiger partial charge in [0.15, 0.2) is 0 Å². The van der Waals surface area contributed by atoms with Gasteiger partial charge in [0, 0.05) is 33.2 Å². The molecule has 0 amide bonds. The first-order chi connectivity index (χ1) is 33.2. The monoisotopic (exact) mass is 851 g/mol. The summed E-state index contributed by atoms with van der Waals surface area (Å²) in [4.78, 5) is 2.43. The lowest BCUT2D eigenvalue weighted by Crippen LogP contribution is -2.28. The summed E-state index contributed by atoms with van der Waals surface area (Å²) < 4.78 is 6.41. The van der Waals surface area contributed by atoms with Gasteiger partial charge < -0.3 is 9.32 Å². The summed E-state index contributed by atoms with van der Waals surface area (Å²) in [6.45, 7) is 0. The number of nitrogens with zero attached hydrogens (tertiary/aromatic N) is 1. The van der Waals surface area contributed by atoms with Crippen LogP contribution in [-0.4, -0.2) is 0 Å². The molecule has 13 aromatic rings. The summed E-state index contributed by atoms with van der Waals surface area (Å²) >= 11 is 0. The first kappa shape index (κ1) is 37.6. The van der Waals surface area contributed by atoms with Crippen LogP contribution in [-0.2, 0) is 5.41 Å². The summed E-state index contributed by atoms with van der Waals surface area (Å²) in [6, 6.07) is 91.5. The fraction of sp³-hybridized carbons (Fsp3) is 0.0154. The first-order valence-electron chi connectivity index (χ1n) is 23.2. The number of fused-ring (bicyclic) bond motifs is 14. The topological polar surface area (TPSA) is 16.4 Å². The van der Waals surface area contributed by atoms with Gasteiger partial charge in [-0.1, -0.05) is 188 Å². The number of hydrogen-bond donors (Lipinski definition) is 0. The van der Waals surface area contributed by atoms with E-state index in [4.69, 9.17) is 4.42 Å². The molecule has 0 saturated heterocycles. The summed E-state index contributed by atoms with van der Waals surface area (Å²) in [6.07, 6.45) is 0. The third kappa shape index (κ3) is 5.57. The highest BCUT2D eigenvalue weighted by atomic mass is 16.3. The van der Waals surface area contributed by atoms with Gasteiger partial charge in [-0.3, -0.25) is 0 Å². The van der Waals surface area contributed by atoms with Crippen LogP contribution in [0.5, 0.6) is 0 Å². The van der Waals surface area contributed by atoms with E-state index in [1.807, 2.05) is 6.07 Å². The molecular formula is C65H41NO. The van der Waals surface area contributed by atoms with Crippen LogP contribution >= 0.6 is 0 Å². The third-order valence-electron chi connectivity index (χ3n) is 14.5. The number of hydrogen-bond acceptors (Lipinski definition) is 2. The van der Waals surface area contributed by atoms with Crippen LogP contribution in [0.3, 0.4) is 0 Å². The smallest absolute Gasteiger partial charge is 0.136 e. The fourth-order valence-electron chi connectivity index (χ4n) is 11.6. The predicted octanol–water partition coefficient (Wildman–Crippen LogP) is 17.7. The van der Waals surface area contributed by atoms with Crippen LogP contribution in [0.2, 0.25) is 0 Å². The van der Waals surface area contributed by atoms with Crippen molar-refractivity contribution in [2.75, 3.05) is 4.90 Å². The molecule has 1 heterocycles. The molecule has 14 rings (SSSR count). The van der Waals surface area contributed by atoms with Gasteiger partial charge in [0.2, 0.25) is 0 Å².